The molecule has 0 bridgehead atoms. The number of hydrogen-bond donors (Lipinski definition) is 0. The number of aromatic nitrogens is 1. The molecule has 0 aliphatic heterocycles. The second-order valence-corrected chi connectivity index (χ2v) is 4.60. The first-order chi connectivity index (χ1) is 9.21. The van der Waals surface area contributed by atoms with E-state index in [2.05, 4.69) is 4.98 Å². The maximum Gasteiger partial charge on any atom is 0.376 e. The van der Waals surface area contributed by atoms with Crippen molar-refractivity contribution in [1.29, 1.82) is 0 Å². The van der Waals surface area contributed by atoms with Crippen LogP contribution in [-0.4, -0.2) is 24.7 Å². The Balaban J connectivity index is 2.41. The molecule has 0 spiro atoms. The van der Waals surface area contributed by atoms with Crippen molar-refractivity contribution in [1.82, 2.24) is 4.98 Å². The number of ether oxygens (including phenoxy) is 2. The fourth-order valence-corrected chi connectivity index (χ4v) is 2.44. The van der Waals surface area contributed by atoms with Crippen LogP contribution >= 0.6 is 11.3 Å². The zero-order chi connectivity index (χ0) is 13.8. The molecular weight excluding hydrogens is 266 g/mol. The van der Waals surface area contributed by atoms with Gasteiger partial charge in [0.25, 0.3) is 0 Å². The molecule has 2 aromatic heterocycles. The number of thiophene rings is 1. The Morgan fingerprint density at radius 2 is 2.26 bits per heavy atom. The first-order valence-electron chi connectivity index (χ1n) is 5.99. The first-order valence-corrected chi connectivity index (χ1v) is 6.87. The van der Waals surface area contributed by atoms with Gasteiger partial charge in [-0.2, -0.15) is 0 Å². The van der Waals surface area contributed by atoms with Crippen molar-refractivity contribution in [2.24, 2.45) is 0 Å². The van der Waals surface area contributed by atoms with E-state index in [0.717, 1.165) is 4.88 Å². The smallest absolute Gasteiger partial charge is 0.376 e. The molecule has 0 aliphatic rings. The Morgan fingerprint density at radius 1 is 1.47 bits per heavy atom. The minimum absolute atomic E-state index is 0.176. The molecule has 0 fully saturated rings. The summed E-state index contributed by atoms with van der Waals surface area (Å²) in [5, 5.41) is 1.88. The van der Waals surface area contributed by atoms with Crippen molar-refractivity contribution < 1.29 is 18.7 Å². The normalized spacial score (nSPS) is 10.5. The summed E-state index contributed by atoms with van der Waals surface area (Å²) in [6.07, 6.45) is 0.603. The third-order valence-electron chi connectivity index (χ3n) is 2.54. The lowest BCUT2D eigenvalue weighted by Gasteiger charge is -1.98. The third kappa shape index (κ3) is 2.63. The number of nitrogens with zero attached hydrogens (tertiary/aromatic N) is 1. The monoisotopic (exact) mass is 281 g/mol. The summed E-state index contributed by atoms with van der Waals surface area (Å²) in [5.41, 5.74) is 0.601. The summed E-state index contributed by atoms with van der Waals surface area (Å²) in [7, 11) is 1.58. The number of carbonyl (C=O) groups is 1. The topological polar surface area (TPSA) is 61.6 Å². The molecule has 0 atom stereocenters. The number of aryl methyl sites for hydroxylation is 1. The Morgan fingerprint density at radius 3 is 2.89 bits per heavy atom. The lowest BCUT2D eigenvalue weighted by Crippen LogP contribution is -2.05. The van der Waals surface area contributed by atoms with Gasteiger partial charge in [0, 0.05) is 0 Å². The van der Waals surface area contributed by atoms with Crippen LogP contribution < -0.4 is 4.74 Å². The van der Waals surface area contributed by atoms with Crippen LogP contribution in [0, 0.1) is 0 Å². The minimum atomic E-state index is -0.478. The molecule has 0 radical (unpaired) electrons. The van der Waals surface area contributed by atoms with Crippen LogP contribution in [0.5, 0.6) is 5.75 Å². The molecule has 5 nitrogen and oxygen atoms in total. The molecule has 2 heterocycles. The van der Waals surface area contributed by atoms with Gasteiger partial charge in [0.1, 0.15) is 10.6 Å². The summed E-state index contributed by atoms with van der Waals surface area (Å²) >= 11 is 1.45. The van der Waals surface area contributed by atoms with Crippen molar-refractivity contribution in [3.05, 3.63) is 22.9 Å². The highest BCUT2D eigenvalue weighted by Gasteiger charge is 2.23. The summed E-state index contributed by atoms with van der Waals surface area (Å²) in [4.78, 5) is 16.9. The van der Waals surface area contributed by atoms with E-state index in [4.69, 9.17) is 13.9 Å². The van der Waals surface area contributed by atoms with E-state index in [9.17, 15) is 4.79 Å². The Hall–Kier alpha value is -1.82. The van der Waals surface area contributed by atoms with Crippen LogP contribution in [0.15, 0.2) is 15.9 Å². The highest BCUT2D eigenvalue weighted by molar-refractivity contribution is 7.13. The van der Waals surface area contributed by atoms with Gasteiger partial charge in [-0.1, -0.05) is 6.92 Å². The van der Waals surface area contributed by atoms with Crippen LogP contribution in [0.1, 0.15) is 30.1 Å². The van der Waals surface area contributed by atoms with E-state index in [1.807, 2.05) is 18.4 Å². The van der Waals surface area contributed by atoms with Crippen LogP contribution in [0.4, 0.5) is 0 Å². The molecule has 2 aromatic rings. The molecule has 0 amide bonds. The van der Waals surface area contributed by atoms with Gasteiger partial charge in [0.2, 0.25) is 11.7 Å². The van der Waals surface area contributed by atoms with E-state index in [-0.39, 0.29) is 5.76 Å². The second kappa shape index (κ2) is 5.88. The molecule has 0 N–H and O–H groups in total. The quantitative estimate of drug-likeness (QED) is 0.788. The van der Waals surface area contributed by atoms with Gasteiger partial charge in [-0.25, -0.2) is 9.78 Å². The molecular formula is C13H15NO4S. The number of methoxy groups -OCH3 is 1. The number of esters is 1. The third-order valence-corrected chi connectivity index (χ3v) is 3.42. The second-order valence-electron chi connectivity index (χ2n) is 3.69. The summed E-state index contributed by atoms with van der Waals surface area (Å²) in [6, 6.07) is 1.83. The van der Waals surface area contributed by atoms with Gasteiger partial charge < -0.3 is 13.9 Å². The van der Waals surface area contributed by atoms with Crippen molar-refractivity contribution in [3.8, 4) is 16.5 Å². The summed E-state index contributed by atoms with van der Waals surface area (Å²) in [6.45, 7) is 3.97. The van der Waals surface area contributed by atoms with E-state index in [0.29, 0.717) is 30.4 Å². The molecule has 19 heavy (non-hydrogen) atoms. The summed E-state index contributed by atoms with van der Waals surface area (Å²) in [5.74, 6) is 0.777. The summed E-state index contributed by atoms with van der Waals surface area (Å²) < 4.78 is 15.7. The van der Waals surface area contributed by atoms with Gasteiger partial charge in [-0.15, -0.1) is 11.3 Å². The highest BCUT2D eigenvalue weighted by Crippen LogP contribution is 2.35. The fraction of sp³-hybridized carbons (Fsp3) is 0.385. The van der Waals surface area contributed by atoms with Crippen LogP contribution in [0.2, 0.25) is 0 Å². The predicted molar refractivity (Wildman–Crippen MR) is 71.7 cm³/mol. The number of carbonyl (C=O) groups excluding carboxylic acids is 1. The van der Waals surface area contributed by atoms with Crippen LogP contribution in [-0.2, 0) is 11.2 Å². The van der Waals surface area contributed by atoms with E-state index in [1.165, 1.54) is 11.3 Å². The predicted octanol–water partition coefficient (Wildman–Crippen LogP) is 3.15. The molecule has 102 valence electrons. The van der Waals surface area contributed by atoms with Gasteiger partial charge in [-0.3, -0.25) is 0 Å². The Labute approximate surface area is 115 Å². The number of oxazole rings is 1. The molecule has 0 saturated heterocycles. The van der Waals surface area contributed by atoms with E-state index >= 15 is 0 Å². The molecule has 0 aromatic carbocycles. The van der Waals surface area contributed by atoms with Crippen molar-refractivity contribution in [2.45, 2.75) is 20.3 Å². The van der Waals surface area contributed by atoms with Crippen molar-refractivity contribution in [2.75, 3.05) is 13.7 Å². The molecule has 2 rings (SSSR count). The Bertz CT molecular complexity index is 573. The molecule has 0 unspecified atom stereocenters. The molecule has 0 saturated carbocycles. The SMILES string of the molecule is CCOC(=O)c1oc(-c2sccc2OC)nc1CC. The maximum absolute atomic E-state index is 11.8. The zero-order valence-corrected chi connectivity index (χ0v) is 11.9. The standard InChI is InChI=1S/C13H15NO4S/c1-4-8-10(13(15)17-5-2)18-12(14-8)11-9(16-3)6-7-19-11/h6-7H,4-5H2,1-3H3. The maximum atomic E-state index is 11.8. The molecule has 6 heteroatoms. The van der Waals surface area contributed by atoms with E-state index in [1.54, 1.807) is 14.0 Å². The van der Waals surface area contributed by atoms with Gasteiger partial charge in [0.05, 0.1) is 19.4 Å². The van der Waals surface area contributed by atoms with Crippen molar-refractivity contribution >= 4 is 17.3 Å². The van der Waals surface area contributed by atoms with Gasteiger partial charge in [-0.05, 0) is 24.8 Å². The largest absolute Gasteiger partial charge is 0.495 e. The lowest BCUT2D eigenvalue weighted by molar-refractivity contribution is 0.0489. The average Bonchev–Trinajstić information content (AvgIpc) is 3.04. The van der Waals surface area contributed by atoms with Crippen LogP contribution in [0.3, 0.4) is 0 Å². The number of hydrogen-bond acceptors (Lipinski definition) is 6. The van der Waals surface area contributed by atoms with Crippen LogP contribution in [0.25, 0.3) is 10.8 Å². The minimum Gasteiger partial charge on any atom is -0.495 e. The highest BCUT2D eigenvalue weighted by atomic mass is 32.1. The van der Waals surface area contributed by atoms with Gasteiger partial charge in [0.15, 0.2) is 0 Å². The van der Waals surface area contributed by atoms with E-state index < -0.39 is 5.97 Å². The fourth-order valence-electron chi connectivity index (χ4n) is 1.66. The van der Waals surface area contributed by atoms with Crippen molar-refractivity contribution in [3.63, 3.8) is 0 Å². The lowest BCUT2D eigenvalue weighted by atomic mass is 10.3. The first kappa shape index (κ1) is 13.6. The number of rotatable bonds is 5. The van der Waals surface area contributed by atoms with Gasteiger partial charge >= 0.3 is 5.97 Å². The zero-order valence-electron chi connectivity index (χ0n) is 11.1. The Kier molecular flexibility index (Phi) is 4.21. The molecule has 0 aliphatic carbocycles. The average molecular weight is 281 g/mol.